The van der Waals surface area contributed by atoms with E-state index >= 15 is 0 Å². The van der Waals surface area contributed by atoms with Crippen LogP contribution < -0.4 is 10.5 Å². The monoisotopic (exact) mass is 263 g/mol. The lowest BCUT2D eigenvalue weighted by Crippen LogP contribution is -2.16. The van der Waals surface area contributed by atoms with Gasteiger partial charge in [-0.05, 0) is 25.7 Å². The van der Waals surface area contributed by atoms with Gasteiger partial charge in [-0.15, -0.1) is 0 Å². The van der Waals surface area contributed by atoms with Crippen LogP contribution in [0.1, 0.15) is 31.2 Å². The summed E-state index contributed by atoms with van der Waals surface area (Å²) in [5.74, 6) is -6.97. The van der Waals surface area contributed by atoms with Crippen molar-refractivity contribution in [2.45, 2.75) is 38.3 Å². The second-order valence-corrected chi connectivity index (χ2v) is 4.29. The lowest BCUT2D eigenvalue weighted by molar-refractivity contribution is 0.184. The molecule has 0 spiro atoms. The fraction of sp³-hybridized carbons (Fsp3) is 0.500. The van der Waals surface area contributed by atoms with Crippen molar-refractivity contribution in [1.29, 1.82) is 0 Å². The Kier molecular flexibility index (Phi) is 3.75. The zero-order valence-electron chi connectivity index (χ0n) is 9.61. The summed E-state index contributed by atoms with van der Waals surface area (Å²) >= 11 is 0. The summed E-state index contributed by atoms with van der Waals surface area (Å²) in [6.45, 7) is -0.616. The topological polar surface area (TPSA) is 35.2 Å². The molecule has 1 aliphatic carbocycles. The molecule has 0 saturated heterocycles. The van der Waals surface area contributed by atoms with Crippen LogP contribution >= 0.6 is 0 Å². The summed E-state index contributed by atoms with van der Waals surface area (Å²) in [6, 6.07) is 0. The predicted octanol–water partition coefficient (Wildman–Crippen LogP) is 3.02. The third-order valence-electron chi connectivity index (χ3n) is 3.10. The molecule has 1 fully saturated rings. The van der Waals surface area contributed by atoms with Crippen molar-refractivity contribution in [3.05, 3.63) is 28.8 Å². The van der Waals surface area contributed by atoms with Crippen LogP contribution in [0.5, 0.6) is 5.75 Å². The Morgan fingerprint density at radius 2 is 1.44 bits per heavy atom. The highest BCUT2D eigenvalue weighted by molar-refractivity contribution is 5.34. The van der Waals surface area contributed by atoms with Gasteiger partial charge >= 0.3 is 0 Å². The molecule has 6 heteroatoms. The minimum atomic E-state index is -1.51. The van der Waals surface area contributed by atoms with Gasteiger partial charge in [0.2, 0.25) is 11.6 Å². The SMILES string of the molecule is NCc1c(F)c(F)c(OC2CCCC2)c(F)c1F. The Morgan fingerprint density at radius 1 is 0.944 bits per heavy atom. The zero-order valence-corrected chi connectivity index (χ0v) is 9.61. The minimum absolute atomic E-state index is 0.392. The molecule has 1 saturated carbocycles. The first-order chi connectivity index (χ1) is 8.56. The van der Waals surface area contributed by atoms with Gasteiger partial charge in [0.25, 0.3) is 0 Å². The Morgan fingerprint density at radius 3 is 1.89 bits per heavy atom. The maximum atomic E-state index is 13.6. The van der Waals surface area contributed by atoms with Gasteiger partial charge in [0.05, 0.1) is 6.10 Å². The van der Waals surface area contributed by atoms with Crippen LogP contribution in [-0.2, 0) is 6.54 Å². The van der Waals surface area contributed by atoms with Crippen LogP contribution in [-0.4, -0.2) is 6.10 Å². The molecular formula is C12H13F4NO. The van der Waals surface area contributed by atoms with E-state index in [-0.39, 0.29) is 0 Å². The average molecular weight is 263 g/mol. The molecule has 0 amide bonds. The minimum Gasteiger partial charge on any atom is -0.484 e. The van der Waals surface area contributed by atoms with Crippen molar-refractivity contribution < 1.29 is 22.3 Å². The molecule has 0 bridgehead atoms. The Labute approximate surface area is 102 Å². The number of ether oxygens (including phenoxy) is 1. The van der Waals surface area contributed by atoms with E-state index in [1.807, 2.05) is 0 Å². The van der Waals surface area contributed by atoms with Crippen molar-refractivity contribution in [3.63, 3.8) is 0 Å². The third kappa shape index (κ3) is 2.16. The van der Waals surface area contributed by atoms with Gasteiger partial charge in [-0.2, -0.15) is 8.78 Å². The van der Waals surface area contributed by atoms with Gasteiger partial charge < -0.3 is 10.5 Å². The van der Waals surface area contributed by atoms with Crippen LogP contribution in [0.3, 0.4) is 0 Å². The van der Waals surface area contributed by atoms with Crippen molar-refractivity contribution in [3.8, 4) is 5.75 Å². The summed E-state index contributed by atoms with van der Waals surface area (Å²) in [7, 11) is 0. The van der Waals surface area contributed by atoms with Crippen LogP contribution in [0.15, 0.2) is 0 Å². The third-order valence-corrected chi connectivity index (χ3v) is 3.10. The van der Waals surface area contributed by atoms with Crippen molar-refractivity contribution >= 4 is 0 Å². The molecule has 1 aliphatic rings. The number of benzene rings is 1. The van der Waals surface area contributed by atoms with E-state index in [1.165, 1.54) is 0 Å². The molecule has 0 aliphatic heterocycles. The summed E-state index contributed by atoms with van der Waals surface area (Å²) in [5, 5.41) is 0. The Balaban J connectivity index is 2.40. The first kappa shape index (κ1) is 13.1. The number of rotatable bonds is 3. The zero-order chi connectivity index (χ0) is 13.3. The molecule has 2 nitrogen and oxygen atoms in total. The fourth-order valence-electron chi connectivity index (χ4n) is 2.11. The van der Waals surface area contributed by atoms with E-state index < -0.39 is 47.2 Å². The molecule has 2 N–H and O–H groups in total. The highest BCUT2D eigenvalue weighted by atomic mass is 19.2. The number of nitrogens with two attached hydrogens (primary N) is 1. The maximum Gasteiger partial charge on any atom is 0.204 e. The quantitative estimate of drug-likeness (QED) is 0.672. The molecule has 1 aromatic carbocycles. The fourth-order valence-corrected chi connectivity index (χ4v) is 2.11. The van der Waals surface area contributed by atoms with E-state index in [4.69, 9.17) is 10.5 Å². The standard InChI is InChI=1S/C12H13F4NO/c13-8-7(5-17)9(14)11(16)12(10(8)15)18-6-3-1-2-4-6/h6H,1-5,17H2. The van der Waals surface area contributed by atoms with E-state index in [2.05, 4.69) is 0 Å². The molecule has 1 aromatic rings. The molecule has 0 aromatic heterocycles. The molecule has 0 radical (unpaired) electrons. The first-order valence-electron chi connectivity index (χ1n) is 5.77. The van der Waals surface area contributed by atoms with Gasteiger partial charge in [-0.1, -0.05) is 0 Å². The Bertz CT molecular complexity index is 429. The Hall–Kier alpha value is -1.30. The highest BCUT2D eigenvalue weighted by Crippen LogP contribution is 2.33. The molecule has 18 heavy (non-hydrogen) atoms. The van der Waals surface area contributed by atoms with E-state index in [0.29, 0.717) is 12.8 Å². The normalized spacial score (nSPS) is 16.3. The largest absolute Gasteiger partial charge is 0.484 e. The summed E-state index contributed by atoms with van der Waals surface area (Å²) in [4.78, 5) is 0. The lowest BCUT2D eigenvalue weighted by Gasteiger charge is -2.16. The van der Waals surface area contributed by atoms with Gasteiger partial charge in [-0.25, -0.2) is 8.78 Å². The summed E-state index contributed by atoms with van der Waals surface area (Å²) < 4.78 is 59.1. The first-order valence-corrected chi connectivity index (χ1v) is 5.77. The van der Waals surface area contributed by atoms with Crippen molar-refractivity contribution in [2.75, 3.05) is 0 Å². The molecular weight excluding hydrogens is 250 g/mol. The number of halogens is 4. The van der Waals surface area contributed by atoms with Crippen LogP contribution in [0.4, 0.5) is 17.6 Å². The van der Waals surface area contributed by atoms with Crippen LogP contribution in [0.2, 0.25) is 0 Å². The van der Waals surface area contributed by atoms with Gasteiger partial charge in [0.15, 0.2) is 17.4 Å². The lowest BCUT2D eigenvalue weighted by atomic mass is 10.1. The molecule has 0 unspecified atom stereocenters. The molecule has 100 valence electrons. The van der Waals surface area contributed by atoms with E-state index in [0.717, 1.165) is 12.8 Å². The second-order valence-electron chi connectivity index (χ2n) is 4.29. The molecule has 2 rings (SSSR count). The average Bonchev–Trinajstić information content (AvgIpc) is 2.86. The van der Waals surface area contributed by atoms with Crippen molar-refractivity contribution in [1.82, 2.24) is 0 Å². The summed E-state index contributed by atoms with van der Waals surface area (Å²) in [5.41, 5.74) is 4.25. The van der Waals surface area contributed by atoms with Crippen LogP contribution in [0.25, 0.3) is 0 Å². The van der Waals surface area contributed by atoms with Gasteiger partial charge in [-0.3, -0.25) is 0 Å². The molecule has 0 heterocycles. The van der Waals surface area contributed by atoms with Gasteiger partial charge in [0.1, 0.15) is 0 Å². The molecule has 0 atom stereocenters. The van der Waals surface area contributed by atoms with Crippen LogP contribution in [0, 0.1) is 23.3 Å². The maximum absolute atomic E-state index is 13.6. The second kappa shape index (κ2) is 5.14. The number of hydrogen-bond donors (Lipinski definition) is 1. The highest BCUT2D eigenvalue weighted by Gasteiger charge is 2.28. The predicted molar refractivity (Wildman–Crippen MR) is 57.0 cm³/mol. The van der Waals surface area contributed by atoms with Gasteiger partial charge in [0, 0.05) is 12.1 Å². The van der Waals surface area contributed by atoms with E-state index in [9.17, 15) is 17.6 Å². The summed E-state index contributed by atoms with van der Waals surface area (Å²) in [6.07, 6.45) is 2.61. The number of hydrogen-bond acceptors (Lipinski definition) is 2. The smallest absolute Gasteiger partial charge is 0.204 e. The van der Waals surface area contributed by atoms with Crippen molar-refractivity contribution in [2.24, 2.45) is 5.73 Å². The van der Waals surface area contributed by atoms with E-state index in [1.54, 1.807) is 0 Å².